The third kappa shape index (κ3) is 3.67. The fraction of sp³-hybridized carbons (Fsp3) is 0.385. The number of carboxylic acid groups (broad SMARTS) is 1. The van der Waals surface area contributed by atoms with Crippen LogP contribution in [0.2, 0.25) is 5.02 Å². The van der Waals surface area contributed by atoms with Gasteiger partial charge in [-0.2, -0.15) is 0 Å². The smallest absolute Gasteiger partial charge is 0.329 e. The summed E-state index contributed by atoms with van der Waals surface area (Å²) in [7, 11) is 0. The average Bonchev–Trinajstić information content (AvgIpc) is 2.32. The number of amides is 1. The molecule has 0 saturated heterocycles. The van der Waals surface area contributed by atoms with Crippen LogP contribution in [-0.4, -0.2) is 22.5 Å². The molecule has 1 amide bonds. The van der Waals surface area contributed by atoms with Crippen molar-refractivity contribution in [1.29, 1.82) is 0 Å². The van der Waals surface area contributed by atoms with Gasteiger partial charge in [0, 0.05) is 5.56 Å². The molecule has 0 saturated carbocycles. The Morgan fingerprint density at radius 3 is 2.58 bits per heavy atom. The molecule has 0 aliphatic carbocycles. The lowest BCUT2D eigenvalue weighted by molar-refractivity contribution is -0.144. The number of carbonyl (C=O) groups is 2. The lowest BCUT2D eigenvalue weighted by Gasteiger charge is -2.25. The van der Waals surface area contributed by atoms with Crippen molar-refractivity contribution in [3.05, 3.63) is 34.6 Å². The number of halogens is 2. The van der Waals surface area contributed by atoms with Crippen molar-refractivity contribution >= 4 is 23.5 Å². The first kappa shape index (κ1) is 15.4. The van der Waals surface area contributed by atoms with Crippen molar-refractivity contribution < 1.29 is 19.1 Å². The number of hydrogen-bond acceptors (Lipinski definition) is 2. The van der Waals surface area contributed by atoms with Gasteiger partial charge in [-0.15, -0.1) is 0 Å². The molecule has 0 heterocycles. The van der Waals surface area contributed by atoms with Crippen molar-refractivity contribution in [3.63, 3.8) is 0 Å². The van der Waals surface area contributed by atoms with Crippen molar-refractivity contribution in [2.24, 2.45) is 0 Å². The largest absolute Gasteiger partial charge is 0.480 e. The monoisotopic (exact) mass is 287 g/mol. The summed E-state index contributed by atoms with van der Waals surface area (Å²) in [5, 5.41) is 11.5. The van der Waals surface area contributed by atoms with Crippen molar-refractivity contribution in [1.82, 2.24) is 5.32 Å². The van der Waals surface area contributed by atoms with E-state index in [0.29, 0.717) is 6.42 Å². The molecule has 2 N–H and O–H groups in total. The highest BCUT2D eigenvalue weighted by Crippen LogP contribution is 2.18. The van der Waals surface area contributed by atoms with Crippen LogP contribution < -0.4 is 5.32 Å². The van der Waals surface area contributed by atoms with E-state index in [4.69, 9.17) is 16.7 Å². The van der Waals surface area contributed by atoms with Crippen molar-refractivity contribution in [2.45, 2.75) is 32.2 Å². The molecule has 0 radical (unpaired) electrons. The van der Waals surface area contributed by atoms with Gasteiger partial charge in [0.05, 0.1) is 5.02 Å². The third-order valence-electron chi connectivity index (χ3n) is 2.79. The van der Waals surface area contributed by atoms with E-state index in [1.165, 1.54) is 19.1 Å². The van der Waals surface area contributed by atoms with E-state index in [2.05, 4.69) is 5.32 Å². The van der Waals surface area contributed by atoms with Crippen LogP contribution in [0.15, 0.2) is 18.2 Å². The fourth-order valence-electron chi connectivity index (χ4n) is 1.68. The predicted molar refractivity (Wildman–Crippen MR) is 69.8 cm³/mol. The van der Waals surface area contributed by atoms with E-state index in [9.17, 15) is 14.0 Å². The lowest BCUT2D eigenvalue weighted by Crippen LogP contribution is -2.52. The molecule has 0 fully saturated rings. The van der Waals surface area contributed by atoms with Crippen LogP contribution in [0.1, 0.15) is 37.0 Å². The first-order valence-corrected chi connectivity index (χ1v) is 6.19. The van der Waals surface area contributed by atoms with Gasteiger partial charge in [-0.1, -0.05) is 24.9 Å². The van der Waals surface area contributed by atoms with Crippen LogP contribution in [0.25, 0.3) is 0 Å². The number of aliphatic carboxylic acids is 1. The van der Waals surface area contributed by atoms with Crippen LogP contribution in [0.5, 0.6) is 0 Å². The number of benzene rings is 1. The van der Waals surface area contributed by atoms with Gasteiger partial charge in [-0.3, -0.25) is 4.79 Å². The summed E-state index contributed by atoms with van der Waals surface area (Å²) in [4.78, 5) is 23.1. The van der Waals surface area contributed by atoms with Gasteiger partial charge in [0.1, 0.15) is 11.4 Å². The number of carboxylic acids is 1. The molecule has 0 spiro atoms. The second kappa shape index (κ2) is 6.02. The van der Waals surface area contributed by atoms with Crippen LogP contribution in [0.3, 0.4) is 0 Å². The molecule has 6 heteroatoms. The highest BCUT2D eigenvalue weighted by atomic mass is 35.5. The van der Waals surface area contributed by atoms with E-state index < -0.39 is 23.2 Å². The second-order valence-corrected chi connectivity index (χ2v) is 4.88. The second-order valence-electron chi connectivity index (χ2n) is 4.47. The molecule has 0 bridgehead atoms. The van der Waals surface area contributed by atoms with Gasteiger partial charge in [0.2, 0.25) is 0 Å². The van der Waals surface area contributed by atoms with Gasteiger partial charge in [0.25, 0.3) is 5.91 Å². The molecule has 1 atom stereocenters. The molecule has 1 rings (SSSR count). The molecule has 104 valence electrons. The first-order valence-electron chi connectivity index (χ1n) is 5.81. The Kier molecular flexibility index (Phi) is 4.89. The van der Waals surface area contributed by atoms with E-state index >= 15 is 0 Å². The Morgan fingerprint density at radius 2 is 2.11 bits per heavy atom. The molecule has 0 aliphatic rings. The maximum Gasteiger partial charge on any atom is 0.329 e. The number of carbonyl (C=O) groups excluding carboxylic acids is 1. The lowest BCUT2D eigenvalue weighted by atomic mass is 9.95. The number of nitrogens with one attached hydrogen (secondary N) is 1. The predicted octanol–water partition coefficient (Wildman–Crippen LogP) is 2.85. The van der Waals surface area contributed by atoms with Crippen molar-refractivity contribution in [2.75, 3.05) is 0 Å². The Hall–Kier alpha value is -1.62. The Balaban J connectivity index is 2.94. The first-order chi connectivity index (χ1) is 8.80. The molecule has 0 aliphatic heterocycles. The van der Waals surface area contributed by atoms with Gasteiger partial charge < -0.3 is 10.4 Å². The Labute approximate surface area is 115 Å². The van der Waals surface area contributed by atoms with Crippen LogP contribution in [0.4, 0.5) is 4.39 Å². The molecular formula is C13H15ClFNO3. The van der Waals surface area contributed by atoms with E-state index in [-0.39, 0.29) is 17.0 Å². The summed E-state index contributed by atoms with van der Waals surface area (Å²) in [6.45, 7) is 3.23. The summed E-state index contributed by atoms with van der Waals surface area (Å²) in [6.07, 6.45) is 0.877. The van der Waals surface area contributed by atoms with Gasteiger partial charge >= 0.3 is 5.97 Å². The minimum atomic E-state index is -1.37. The zero-order valence-electron chi connectivity index (χ0n) is 10.7. The molecule has 1 unspecified atom stereocenters. The normalized spacial score (nSPS) is 13.7. The number of rotatable bonds is 5. The Morgan fingerprint density at radius 1 is 1.47 bits per heavy atom. The molecule has 1 aromatic rings. The summed E-state index contributed by atoms with van der Waals surface area (Å²) in [6, 6.07) is 3.57. The van der Waals surface area contributed by atoms with Crippen LogP contribution in [-0.2, 0) is 4.79 Å². The summed E-state index contributed by atoms with van der Waals surface area (Å²) >= 11 is 5.52. The molecule has 19 heavy (non-hydrogen) atoms. The van der Waals surface area contributed by atoms with Gasteiger partial charge in [-0.05, 0) is 31.5 Å². The standard InChI is InChI=1S/C13H15ClFNO3/c1-3-6-13(2,12(18)19)16-11(17)8-4-5-9(14)10(15)7-8/h4-5,7H,3,6H2,1-2H3,(H,16,17)(H,18,19). The molecule has 4 nitrogen and oxygen atoms in total. The Bertz CT molecular complexity index is 507. The zero-order chi connectivity index (χ0) is 14.6. The summed E-state index contributed by atoms with van der Waals surface area (Å²) in [5.41, 5.74) is -1.34. The maximum atomic E-state index is 13.3. The van der Waals surface area contributed by atoms with Crippen LogP contribution in [0, 0.1) is 5.82 Å². The highest BCUT2D eigenvalue weighted by molar-refractivity contribution is 6.30. The average molecular weight is 288 g/mol. The zero-order valence-corrected chi connectivity index (χ0v) is 11.4. The minimum absolute atomic E-state index is 0.0329. The van der Waals surface area contributed by atoms with Crippen LogP contribution >= 0.6 is 11.6 Å². The summed E-state index contributed by atoms with van der Waals surface area (Å²) in [5.74, 6) is -2.49. The third-order valence-corrected chi connectivity index (χ3v) is 3.10. The molecular weight excluding hydrogens is 273 g/mol. The fourth-order valence-corrected chi connectivity index (χ4v) is 1.80. The molecule has 0 aromatic heterocycles. The van der Waals surface area contributed by atoms with Gasteiger partial charge in [-0.25, -0.2) is 9.18 Å². The van der Waals surface area contributed by atoms with E-state index in [1.54, 1.807) is 0 Å². The van der Waals surface area contributed by atoms with Crippen molar-refractivity contribution in [3.8, 4) is 0 Å². The highest BCUT2D eigenvalue weighted by Gasteiger charge is 2.34. The topological polar surface area (TPSA) is 66.4 Å². The number of hydrogen-bond donors (Lipinski definition) is 2. The van der Waals surface area contributed by atoms with E-state index in [1.807, 2.05) is 6.92 Å². The SMILES string of the molecule is CCCC(C)(NC(=O)c1ccc(Cl)c(F)c1)C(=O)O. The van der Waals surface area contributed by atoms with E-state index in [0.717, 1.165) is 6.07 Å². The maximum absolute atomic E-state index is 13.3. The molecule has 1 aromatic carbocycles. The summed E-state index contributed by atoms with van der Waals surface area (Å²) < 4.78 is 13.3. The minimum Gasteiger partial charge on any atom is -0.480 e. The van der Waals surface area contributed by atoms with Gasteiger partial charge in [0.15, 0.2) is 0 Å². The quantitative estimate of drug-likeness (QED) is 0.875.